The molecule has 3 heterocycles. The molecule has 0 spiro atoms. The van der Waals surface area contributed by atoms with Crippen LogP contribution in [0, 0.1) is 6.92 Å². The fourth-order valence-corrected chi connectivity index (χ4v) is 4.89. The Hall–Kier alpha value is -1.61. The zero-order chi connectivity index (χ0) is 18.6. The highest BCUT2D eigenvalue weighted by molar-refractivity contribution is 9.10. The number of halogens is 1. The molecular weight excluding hydrogens is 444 g/mol. The number of benzene rings is 1. The quantitative estimate of drug-likeness (QED) is 0.551. The molecule has 4 rings (SSSR count). The standard InChI is InChI=1S/C19H19BrN4OS2/c1-13-12-26-19(22-13)23-18-16(3-2-6-21-18)27-17-11-14(4-5-15(17)20)24-7-9-25-10-8-24/h2-6,11-12H,7-10H2,1H3,(H,21,22,23). The second-order valence-electron chi connectivity index (χ2n) is 6.09. The molecule has 0 radical (unpaired) electrons. The zero-order valence-electron chi connectivity index (χ0n) is 14.8. The van der Waals surface area contributed by atoms with Crippen LogP contribution in [0.15, 0.2) is 56.2 Å². The molecule has 0 aliphatic carbocycles. The number of rotatable bonds is 5. The number of nitrogens with zero attached hydrogens (tertiary/aromatic N) is 3. The van der Waals surface area contributed by atoms with Crippen LogP contribution >= 0.6 is 39.0 Å². The molecule has 0 saturated carbocycles. The Balaban J connectivity index is 1.58. The fourth-order valence-electron chi connectivity index (χ4n) is 2.79. The number of ether oxygens (including phenoxy) is 1. The summed E-state index contributed by atoms with van der Waals surface area (Å²) in [4.78, 5) is 13.6. The minimum Gasteiger partial charge on any atom is -0.378 e. The molecule has 0 atom stereocenters. The van der Waals surface area contributed by atoms with Gasteiger partial charge in [0, 0.05) is 39.7 Å². The summed E-state index contributed by atoms with van der Waals surface area (Å²) in [6, 6.07) is 10.5. The Bertz CT molecular complexity index is 928. The van der Waals surface area contributed by atoms with Crippen LogP contribution in [-0.2, 0) is 4.74 Å². The van der Waals surface area contributed by atoms with Crippen LogP contribution in [0.2, 0.25) is 0 Å². The van der Waals surface area contributed by atoms with E-state index < -0.39 is 0 Å². The molecule has 0 unspecified atom stereocenters. The highest BCUT2D eigenvalue weighted by atomic mass is 79.9. The van der Waals surface area contributed by atoms with E-state index in [4.69, 9.17) is 4.74 Å². The lowest BCUT2D eigenvalue weighted by Crippen LogP contribution is -2.36. The van der Waals surface area contributed by atoms with E-state index in [1.165, 1.54) is 5.69 Å². The van der Waals surface area contributed by atoms with Crippen LogP contribution in [0.1, 0.15) is 5.69 Å². The minimum absolute atomic E-state index is 0.780. The van der Waals surface area contributed by atoms with Gasteiger partial charge in [-0.05, 0) is 53.2 Å². The van der Waals surface area contributed by atoms with Crippen molar-refractivity contribution in [2.75, 3.05) is 36.5 Å². The van der Waals surface area contributed by atoms with Gasteiger partial charge in [-0.3, -0.25) is 0 Å². The number of morpholine rings is 1. The maximum atomic E-state index is 5.47. The molecular formula is C19H19BrN4OS2. The van der Waals surface area contributed by atoms with Gasteiger partial charge >= 0.3 is 0 Å². The van der Waals surface area contributed by atoms with Gasteiger partial charge in [-0.25, -0.2) is 9.97 Å². The van der Waals surface area contributed by atoms with Gasteiger partial charge in [0.25, 0.3) is 0 Å². The second-order valence-corrected chi connectivity index (χ2v) is 8.88. The number of thiazole rings is 1. The molecule has 3 aromatic rings. The topological polar surface area (TPSA) is 50.3 Å². The third-order valence-electron chi connectivity index (χ3n) is 4.13. The van der Waals surface area contributed by atoms with Crippen molar-refractivity contribution >= 4 is 55.7 Å². The molecule has 1 fully saturated rings. The molecule has 2 aromatic heterocycles. The molecule has 1 N–H and O–H groups in total. The van der Waals surface area contributed by atoms with Crippen LogP contribution in [0.5, 0.6) is 0 Å². The number of pyridine rings is 1. The summed E-state index contributed by atoms with van der Waals surface area (Å²) in [5.41, 5.74) is 2.23. The van der Waals surface area contributed by atoms with Crippen LogP contribution in [0.25, 0.3) is 0 Å². The average molecular weight is 463 g/mol. The van der Waals surface area contributed by atoms with Gasteiger partial charge in [-0.2, -0.15) is 0 Å². The summed E-state index contributed by atoms with van der Waals surface area (Å²) in [5.74, 6) is 0.820. The first kappa shape index (κ1) is 18.7. The van der Waals surface area contributed by atoms with Crippen molar-refractivity contribution in [3.05, 3.63) is 52.1 Å². The summed E-state index contributed by atoms with van der Waals surface area (Å²) in [5, 5.41) is 6.23. The normalized spacial score (nSPS) is 14.4. The van der Waals surface area contributed by atoms with Crippen molar-refractivity contribution in [2.45, 2.75) is 16.7 Å². The van der Waals surface area contributed by atoms with Crippen molar-refractivity contribution in [3.8, 4) is 0 Å². The van der Waals surface area contributed by atoms with Gasteiger partial charge in [0.2, 0.25) is 0 Å². The number of hydrogen-bond acceptors (Lipinski definition) is 7. The van der Waals surface area contributed by atoms with E-state index in [1.54, 1.807) is 29.3 Å². The lowest BCUT2D eigenvalue weighted by atomic mass is 10.2. The average Bonchev–Trinajstić information content (AvgIpc) is 3.10. The molecule has 1 aromatic carbocycles. The van der Waals surface area contributed by atoms with E-state index in [-0.39, 0.29) is 0 Å². The Morgan fingerprint density at radius 2 is 2.07 bits per heavy atom. The fraction of sp³-hybridized carbons (Fsp3) is 0.263. The van der Waals surface area contributed by atoms with E-state index in [2.05, 4.69) is 60.4 Å². The minimum atomic E-state index is 0.780. The molecule has 1 aliphatic rings. The van der Waals surface area contributed by atoms with Crippen molar-refractivity contribution in [1.82, 2.24) is 9.97 Å². The number of hydrogen-bond donors (Lipinski definition) is 1. The summed E-state index contributed by atoms with van der Waals surface area (Å²) >= 11 is 6.97. The van der Waals surface area contributed by atoms with Crippen LogP contribution < -0.4 is 10.2 Å². The van der Waals surface area contributed by atoms with Crippen molar-refractivity contribution < 1.29 is 4.74 Å². The molecule has 1 aliphatic heterocycles. The highest BCUT2D eigenvalue weighted by Crippen LogP contribution is 2.39. The van der Waals surface area contributed by atoms with Gasteiger partial charge < -0.3 is 15.0 Å². The molecule has 27 heavy (non-hydrogen) atoms. The Kier molecular flexibility index (Phi) is 5.97. The molecule has 0 bridgehead atoms. The SMILES string of the molecule is Cc1csc(Nc2ncccc2Sc2cc(N3CCOCC3)ccc2Br)n1. The number of nitrogens with one attached hydrogen (secondary N) is 1. The first-order chi connectivity index (χ1) is 13.2. The predicted octanol–water partition coefficient (Wildman–Crippen LogP) is 5.34. The molecule has 0 amide bonds. The van der Waals surface area contributed by atoms with Gasteiger partial charge in [-0.15, -0.1) is 11.3 Å². The van der Waals surface area contributed by atoms with Gasteiger partial charge in [-0.1, -0.05) is 11.8 Å². The summed E-state index contributed by atoms with van der Waals surface area (Å²) in [7, 11) is 0. The van der Waals surface area contributed by atoms with Gasteiger partial charge in [0.15, 0.2) is 5.13 Å². The van der Waals surface area contributed by atoms with Crippen LogP contribution in [-0.4, -0.2) is 36.3 Å². The predicted molar refractivity (Wildman–Crippen MR) is 116 cm³/mol. The summed E-state index contributed by atoms with van der Waals surface area (Å²) < 4.78 is 6.54. The van der Waals surface area contributed by atoms with Crippen LogP contribution in [0.3, 0.4) is 0 Å². The van der Waals surface area contributed by atoms with Crippen LogP contribution in [0.4, 0.5) is 16.6 Å². The first-order valence-corrected chi connectivity index (χ1v) is 11.1. The monoisotopic (exact) mass is 462 g/mol. The second kappa shape index (κ2) is 8.60. The smallest absolute Gasteiger partial charge is 0.188 e. The maximum Gasteiger partial charge on any atom is 0.188 e. The Morgan fingerprint density at radius 3 is 2.85 bits per heavy atom. The van der Waals surface area contributed by atoms with Gasteiger partial charge in [0.05, 0.1) is 23.8 Å². The third kappa shape index (κ3) is 4.63. The summed E-state index contributed by atoms with van der Waals surface area (Å²) in [6.45, 7) is 5.40. The summed E-state index contributed by atoms with van der Waals surface area (Å²) in [6.07, 6.45) is 1.80. The highest BCUT2D eigenvalue weighted by Gasteiger charge is 2.15. The maximum absolute atomic E-state index is 5.47. The number of aryl methyl sites for hydroxylation is 1. The van der Waals surface area contributed by atoms with Gasteiger partial charge in [0.1, 0.15) is 5.82 Å². The molecule has 140 valence electrons. The van der Waals surface area contributed by atoms with E-state index in [0.29, 0.717) is 0 Å². The first-order valence-electron chi connectivity index (χ1n) is 8.63. The van der Waals surface area contributed by atoms with Crippen molar-refractivity contribution in [3.63, 3.8) is 0 Å². The van der Waals surface area contributed by atoms with Crippen molar-refractivity contribution in [2.24, 2.45) is 0 Å². The zero-order valence-corrected chi connectivity index (χ0v) is 18.0. The third-order valence-corrected chi connectivity index (χ3v) is 7.06. The molecule has 1 saturated heterocycles. The number of aromatic nitrogens is 2. The Labute approximate surface area is 175 Å². The number of anilines is 3. The van der Waals surface area contributed by atoms with E-state index in [1.807, 2.05) is 18.4 Å². The lowest BCUT2D eigenvalue weighted by molar-refractivity contribution is 0.122. The van der Waals surface area contributed by atoms with E-state index >= 15 is 0 Å². The molecule has 8 heteroatoms. The van der Waals surface area contributed by atoms with E-state index in [0.717, 1.165) is 57.2 Å². The largest absolute Gasteiger partial charge is 0.378 e. The van der Waals surface area contributed by atoms with Crippen molar-refractivity contribution in [1.29, 1.82) is 0 Å². The lowest BCUT2D eigenvalue weighted by Gasteiger charge is -2.29. The molecule has 5 nitrogen and oxygen atoms in total. The van der Waals surface area contributed by atoms with E-state index in [9.17, 15) is 0 Å². The Morgan fingerprint density at radius 1 is 1.22 bits per heavy atom.